The predicted octanol–water partition coefficient (Wildman–Crippen LogP) is 2.16. The molecular formula is C16H19ClFN5O2. The highest BCUT2D eigenvalue weighted by Gasteiger charge is 2.16. The molecular weight excluding hydrogens is 349 g/mol. The molecule has 0 aliphatic carbocycles. The van der Waals surface area contributed by atoms with Gasteiger partial charge in [-0.1, -0.05) is 16.8 Å². The highest BCUT2D eigenvalue weighted by molar-refractivity contribution is 6.31. The van der Waals surface area contributed by atoms with Gasteiger partial charge >= 0.3 is 0 Å². The number of aliphatic imine (C=N–C) groups is 1. The van der Waals surface area contributed by atoms with E-state index < -0.39 is 5.82 Å². The molecule has 7 nitrogen and oxygen atoms in total. The predicted molar refractivity (Wildman–Crippen MR) is 91.7 cm³/mol. The lowest BCUT2D eigenvalue weighted by Gasteiger charge is -2.26. The molecule has 1 aliphatic heterocycles. The number of ether oxygens (including phenoxy) is 1. The molecule has 134 valence electrons. The third kappa shape index (κ3) is 4.75. The Labute approximate surface area is 149 Å². The summed E-state index contributed by atoms with van der Waals surface area (Å²) in [5.41, 5.74) is 7.50. The normalized spacial score (nSPS) is 16.3. The number of halogens is 2. The van der Waals surface area contributed by atoms with Crippen molar-refractivity contribution in [2.75, 3.05) is 32.8 Å². The minimum atomic E-state index is -0.508. The molecule has 9 heteroatoms. The lowest BCUT2D eigenvalue weighted by atomic mass is 10.2. The molecule has 2 aromatic rings. The largest absolute Gasteiger partial charge is 0.382 e. The first-order valence-electron chi connectivity index (χ1n) is 8.04. The van der Waals surface area contributed by atoms with E-state index in [0.717, 1.165) is 39.3 Å². The minimum absolute atomic E-state index is 0.0157. The van der Waals surface area contributed by atoms with Gasteiger partial charge in [0.2, 0.25) is 0 Å². The Morgan fingerprint density at radius 3 is 2.88 bits per heavy atom. The fraction of sp³-hybridized carbons (Fsp3) is 0.438. The first-order chi connectivity index (χ1) is 12.1. The summed E-state index contributed by atoms with van der Waals surface area (Å²) in [6.45, 7) is 4.38. The van der Waals surface area contributed by atoms with Gasteiger partial charge in [-0.25, -0.2) is 14.0 Å². The van der Waals surface area contributed by atoms with Crippen LogP contribution in [0.4, 0.5) is 10.1 Å². The molecule has 2 heterocycles. The van der Waals surface area contributed by atoms with E-state index in [9.17, 15) is 4.39 Å². The number of rotatable bonds is 6. The van der Waals surface area contributed by atoms with Crippen LogP contribution in [0.25, 0.3) is 0 Å². The molecule has 25 heavy (non-hydrogen) atoms. The van der Waals surface area contributed by atoms with Gasteiger partial charge in [0.25, 0.3) is 0 Å². The van der Waals surface area contributed by atoms with Gasteiger partial charge in [0.15, 0.2) is 11.5 Å². The number of amidine groups is 1. The van der Waals surface area contributed by atoms with Crippen molar-refractivity contribution < 1.29 is 13.8 Å². The highest BCUT2D eigenvalue weighted by atomic mass is 35.5. The molecule has 2 N–H and O–H groups in total. The van der Waals surface area contributed by atoms with Gasteiger partial charge in [-0.15, -0.1) is 0 Å². The van der Waals surface area contributed by atoms with E-state index in [1.165, 1.54) is 18.2 Å². The maximum atomic E-state index is 13.2. The van der Waals surface area contributed by atoms with Gasteiger partial charge in [0.05, 0.1) is 23.9 Å². The van der Waals surface area contributed by atoms with Gasteiger partial charge in [-0.05, 0) is 42.7 Å². The van der Waals surface area contributed by atoms with Crippen LogP contribution in [0.2, 0.25) is 5.02 Å². The van der Waals surface area contributed by atoms with Crippen LogP contribution in [0.15, 0.2) is 27.8 Å². The third-order valence-electron chi connectivity index (χ3n) is 3.94. The van der Waals surface area contributed by atoms with E-state index in [1.54, 1.807) is 0 Å². The summed E-state index contributed by atoms with van der Waals surface area (Å²) in [6.07, 6.45) is 1.58. The number of aryl methyl sites for hydroxylation is 1. The second-order valence-electron chi connectivity index (χ2n) is 5.71. The molecule has 1 aromatic heterocycles. The Kier molecular flexibility index (Phi) is 5.95. The molecule has 0 radical (unpaired) electrons. The molecule has 0 atom stereocenters. The van der Waals surface area contributed by atoms with Crippen molar-refractivity contribution in [3.05, 3.63) is 40.4 Å². The number of aromatic nitrogens is 2. The standard InChI is InChI=1S/C16H19ClFN5O2/c17-12-10-11(3-4-13(12)18)20-16(19)15-14(21-25-22-15)2-1-5-23-6-8-24-9-7-23/h3-4,10H,1-2,5-9H2,(H2,19,20). The number of hydrogen-bond acceptors (Lipinski definition) is 6. The smallest absolute Gasteiger partial charge is 0.172 e. The fourth-order valence-corrected chi connectivity index (χ4v) is 2.78. The average molecular weight is 368 g/mol. The topological polar surface area (TPSA) is 89.8 Å². The van der Waals surface area contributed by atoms with Crippen molar-refractivity contribution in [1.82, 2.24) is 15.2 Å². The molecule has 1 saturated heterocycles. The van der Waals surface area contributed by atoms with E-state index in [2.05, 4.69) is 20.2 Å². The monoisotopic (exact) mass is 367 g/mol. The van der Waals surface area contributed by atoms with Crippen molar-refractivity contribution in [3.63, 3.8) is 0 Å². The summed E-state index contributed by atoms with van der Waals surface area (Å²) < 4.78 is 23.3. The number of morpholine rings is 1. The third-order valence-corrected chi connectivity index (χ3v) is 4.23. The zero-order chi connectivity index (χ0) is 17.6. The van der Waals surface area contributed by atoms with Gasteiger partial charge in [0.1, 0.15) is 11.5 Å². The molecule has 0 saturated carbocycles. The second-order valence-corrected chi connectivity index (χ2v) is 6.12. The summed E-state index contributed by atoms with van der Waals surface area (Å²) in [5, 5.41) is 7.74. The lowest BCUT2D eigenvalue weighted by Crippen LogP contribution is -2.37. The van der Waals surface area contributed by atoms with Crippen LogP contribution in [0.1, 0.15) is 17.8 Å². The summed E-state index contributed by atoms with van der Waals surface area (Å²) in [4.78, 5) is 6.56. The van der Waals surface area contributed by atoms with Crippen LogP contribution in [-0.4, -0.2) is 53.9 Å². The quantitative estimate of drug-likeness (QED) is 0.621. The van der Waals surface area contributed by atoms with Crippen LogP contribution in [0.5, 0.6) is 0 Å². The van der Waals surface area contributed by atoms with Crippen molar-refractivity contribution in [2.45, 2.75) is 12.8 Å². The van der Waals surface area contributed by atoms with E-state index in [-0.39, 0.29) is 10.9 Å². The SMILES string of the molecule is NC(=Nc1ccc(F)c(Cl)c1)c1nonc1CCCN1CCOCC1. The van der Waals surface area contributed by atoms with E-state index in [4.69, 9.17) is 26.7 Å². The number of benzene rings is 1. The van der Waals surface area contributed by atoms with Crippen LogP contribution in [0, 0.1) is 5.82 Å². The highest BCUT2D eigenvalue weighted by Crippen LogP contribution is 2.22. The van der Waals surface area contributed by atoms with Crippen molar-refractivity contribution in [3.8, 4) is 0 Å². The molecule has 0 bridgehead atoms. The van der Waals surface area contributed by atoms with Gasteiger partial charge in [-0.2, -0.15) is 0 Å². The Hall–Kier alpha value is -2.03. The first kappa shape index (κ1) is 17.8. The maximum Gasteiger partial charge on any atom is 0.172 e. The maximum absolute atomic E-state index is 13.2. The van der Waals surface area contributed by atoms with E-state index >= 15 is 0 Å². The molecule has 0 spiro atoms. The zero-order valence-corrected chi connectivity index (χ0v) is 14.4. The number of nitrogens with zero attached hydrogens (tertiary/aromatic N) is 4. The molecule has 0 amide bonds. The Bertz CT molecular complexity index is 746. The van der Waals surface area contributed by atoms with E-state index in [0.29, 0.717) is 23.5 Å². The Morgan fingerprint density at radius 2 is 2.12 bits per heavy atom. The molecule has 3 rings (SSSR count). The molecule has 1 aromatic carbocycles. The van der Waals surface area contributed by atoms with Crippen LogP contribution >= 0.6 is 11.6 Å². The number of nitrogens with two attached hydrogens (primary N) is 1. The molecule has 1 fully saturated rings. The van der Waals surface area contributed by atoms with Crippen LogP contribution in [-0.2, 0) is 11.2 Å². The number of hydrogen-bond donors (Lipinski definition) is 1. The summed E-state index contributed by atoms with van der Waals surface area (Å²) >= 11 is 5.75. The second kappa shape index (κ2) is 8.37. The van der Waals surface area contributed by atoms with Gasteiger partial charge < -0.3 is 10.5 Å². The fourth-order valence-electron chi connectivity index (χ4n) is 2.61. The van der Waals surface area contributed by atoms with Crippen molar-refractivity contribution in [2.24, 2.45) is 10.7 Å². The summed E-state index contributed by atoms with van der Waals surface area (Å²) in [7, 11) is 0. The van der Waals surface area contributed by atoms with E-state index in [1.807, 2.05) is 0 Å². The van der Waals surface area contributed by atoms with Crippen LogP contribution in [0.3, 0.4) is 0 Å². The molecule has 0 unspecified atom stereocenters. The Morgan fingerprint density at radius 1 is 1.32 bits per heavy atom. The first-order valence-corrected chi connectivity index (χ1v) is 8.42. The van der Waals surface area contributed by atoms with Gasteiger partial charge in [-0.3, -0.25) is 4.90 Å². The van der Waals surface area contributed by atoms with Crippen LogP contribution < -0.4 is 5.73 Å². The Balaban J connectivity index is 1.63. The summed E-state index contributed by atoms with van der Waals surface area (Å²) in [5.74, 6) is -0.351. The zero-order valence-electron chi connectivity index (χ0n) is 13.6. The minimum Gasteiger partial charge on any atom is -0.382 e. The van der Waals surface area contributed by atoms with Gasteiger partial charge in [0, 0.05) is 13.1 Å². The molecule has 1 aliphatic rings. The van der Waals surface area contributed by atoms with Crippen molar-refractivity contribution in [1.29, 1.82) is 0 Å². The van der Waals surface area contributed by atoms with Crippen molar-refractivity contribution >= 4 is 23.1 Å². The lowest BCUT2D eigenvalue weighted by molar-refractivity contribution is 0.0374. The average Bonchev–Trinajstić information content (AvgIpc) is 3.08. The summed E-state index contributed by atoms with van der Waals surface area (Å²) in [6, 6.07) is 4.12.